The van der Waals surface area contributed by atoms with Crippen molar-refractivity contribution in [2.75, 3.05) is 18.1 Å². The standard InChI is InChI=1S/C12H18FNO2S/c1-12(2,3)16-6-7-17(15)11-5-4-9(13)8-10(11)14/h4-5,8H,6-7,14H2,1-3H3. The first kappa shape index (κ1) is 14.1. The van der Waals surface area contributed by atoms with Gasteiger partial charge in [0.2, 0.25) is 0 Å². The number of benzene rings is 1. The second kappa shape index (κ2) is 5.60. The van der Waals surface area contributed by atoms with Gasteiger partial charge in [0.1, 0.15) is 5.82 Å². The number of ether oxygens (including phenoxy) is 1. The van der Waals surface area contributed by atoms with Gasteiger partial charge in [0.25, 0.3) is 0 Å². The molecule has 2 N–H and O–H groups in total. The summed E-state index contributed by atoms with van der Waals surface area (Å²) >= 11 is 0. The minimum atomic E-state index is -1.25. The van der Waals surface area contributed by atoms with Crippen molar-refractivity contribution in [1.29, 1.82) is 0 Å². The number of halogens is 1. The second-order valence-corrected chi connectivity index (χ2v) is 6.23. The van der Waals surface area contributed by atoms with E-state index in [1.54, 1.807) is 0 Å². The van der Waals surface area contributed by atoms with Gasteiger partial charge in [0, 0.05) is 0 Å². The maximum absolute atomic E-state index is 12.8. The highest BCUT2D eigenvalue weighted by molar-refractivity contribution is 7.85. The van der Waals surface area contributed by atoms with E-state index in [9.17, 15) is 8.60 Å². The summed E-state index contributed by atoms with van der Waals surface area (Å²) in [6.07, 6.45) is 0. The Morgan fingerprint density at radius 2 is 2.06 bits per heavy atom. The van der Waals surface area contributed by atoms with Gasteiger partial charge in [-0.2, -0.15) is 0 Å². The van der Waals surface area contributed by atoms with Gasteiger partial charge in [-0.1, -0.05) is 0 Å². The fourth-order valence-electron chi connectivity index (χ4n) is 1.26. The van der Waals surface area contributed by atoms with Crippen LogP contribution in [0.2, 0.25) is 0 Å². The Hall–Kier alpha value is -0.940. The highest BCUT2D eigenvalue weighted by Gasteiger charge is 2.13. The van der Waals surface area contributed by atoms with Crippen LogP contribution in [-0.2, 0) is 15.5 Å². The summed E-state index contributed by atoms with van der Waals surface area (Å²) in [4.78, 5) is 0.462. The monoisotopic (exact) mass is 259 g/mol. The summed E-state index contributed by atoms with van der Waals surface area (Å²) < 4.78 is 30.2. The molecule has 3 nitrogen and oxygen atoms in total. The summed E-state index contributed by atoms with van der Waals surface area (Å²) in [6, 6.07) is 3.89. The number of rotatable bonds is 4. The van der Waals surface area contributed by atoms with Crippen molar-refractivity contribution in [2.24, 2.45) is 0 Å². The molecule has 1 aromatic rings. The van der Waals surface area contributed by atoms with Crippen LogP contribution in [0.15, 0.2) is 23.1 Å². The van der Waals surface area contributed by atoms with Gasteiger partial charge in [-0.05, 0) is 39.0 Å². The first-order valence-electron chi connectivity index (χ1n) is 5.37. The van der Waals surface area contributed by atoms with Crippen LogP contribution < -0.4 is 5.73 Å². The lowest BCUT2D eigenvalue weighted by Gasteiger charge is -2.19. The van der Waals surface area contributed by atoms with Crippen LogP contribution in [-0.4, -0.2) is 22.2 Å². The molecule has 5 heteroatoms. The van der Waals surface area contributed by atoms with Crippen molar-refractivity contribution < 1.29 is 13.3 Å². The van der Waals surface area contributed by atoms with E-state index in [0.717, 1.165) is 0 Å². The van der Waals surface area contributed by atoms with Crippen molar-refractivity contribution in [3.8, 4) is 0 Å². The lowest BCUT2D eigenvalue weighted by atomic mass is 10.2. The molecule has 0 aromatic heterocycles. The number of hydrogen-bond acceptors (Lipinski definition) is 3. The summed E-state index contributed by atoms with van der Waals surface area (Å²) in [6.45, 7) is 6.18. The Bertz CT molecular complexity index is 415. The van der Waals surface area contributed by atoms with Crippen LogP contribution in [0, 0.1) is 5.82 Å². The number of hydrogen-bond donors (Lipinski definition) is 1. The minimum absolute atomic E-state index is 0.221. The molecular formula is C12H18FNO2S. The Balaban J connectivity index is 2.59. The molecular weight excluding hydrogens is 241 g/mol. The molecule has 1 rings (SSSR count). The Morgan fingerprint density at radius 3 is 2.59 bits per heavy atom. The summed E-state index contributed by atoms with van der Waals surface area (Å²) in [7, 11) is -1.25. The Labute approximate surface area is 104 Å². The average Bonchev–Trinajstić information content (AvgIpc) is 2.15. The molecule has 0 bridgehead atoms. The zero-order valence-electron chi connectivity index (χ0n) is 10.3. The molecule has 0 aliphatic heterocycles. The molecule has 0 fully saturated rings. The quantitative estimate of drug-likeness (QED) is 0.844. The van der Waals surface area contributed by atoms with Crippen molar-refractivity contribution in [2.45, 2.75) is 31.3 Å². The first-order valence-corrected chi connectivity index (χ1v) is 6.69. The molecule has 1 unspecified atom stereocenters. The van der Waals surface area contributed by atoms with Crippen molar-refractivity contribution >= 4 is 16.5 Å². The molecule has 1 atom stereocenters. The number of nitrogens with two attached hydrogens (primary N) is 1. The fraction of sp³-hybridized carbons (Fsp3) is 0.500. The summed E-state index contributed by atoms with van der Waals surface area (Å²) in [5, 5.41) is 0. The molecule has 0 radical (unpaired) electrons. The van der Waals surface area contributed by atoms with Gasteiger partial charge < -0.3 is 10.5 Å². The predicted molar refractivity (Wildman–Crippen MR) is 67.8 cm³/mol. The minimum Gasteiger partial charge on any atom is -0.398 e. The third kappa shape index (κ3) is 4.83. The highest BCUT2D eigenvalue weighted by Crippen LogP contribution is 2.18. The van der Waals surface area contributed by atoms with Gasteiger partial charge in [0.05, 0.1) is 39.3 Å². The summed E-state index contributed by atoms with van der Waals surface area (Å²) in [5.41, 5.74) is 5.58. The zero-order valence-corrected chi connectivity index (χ0v) is 11.1. The van der Waals surface area contributed by atoms with Crippen LogP contribution >= 0.6 is 0 Å². The van der Waals surface area contributed by atoms with Crippen LogP contribution in [0.1, 0.15) is 20.8 Å². The van der Waals surface area contributed by atoms with Crippen LogP contribution in [0.5, 0.6) is 0 Å². The lowest BCUT2D eigenvalue weighted by Crippen LogP contribution is -2.22. The van der Waals surface area contributed by atoms with Crippen LogP contribution in [0.3, 0.4) is 0 Å². The zero-order chi connectivity index (χ0) is 13.1. The smallest absolute Gasteiger partial charge is 0.125 e. The molecule has 17 heavy (non-hydrogen) atoms. The second-order valence-electron chi connectivity index (χ2n) is 4.69. The molecule has 96 valence electrons. The van der Waals surface area contributed by atoms with E-state index >= 15 is 0 Å². The molecule has 0 spiro atoms. The first-order chi connectivity index (χ1) is 7.79. The van der Waals surface area contributed by atoms with E-state index in [0.29, 0.717) is 17.3 Å². The lowest BCUT2D eigenvalue weighted by molar-refractivity contribution is 0.00669. The van der Waals surface area contributed by atoms with Crippen LogP contribution in [0.25, 0.3) is 0 Å². The maximum Gasteiger partial charge on any atom is 0.125 e. The number of nitrogen functional groups attached to an aromatic ring is 1. The fourth-order valence-corrected chi connectivity index (χ4v) is 2.26. The Morgan fingerprint density at radius 1 is 1.41 bits per heavy atom. The molecule has 1 aromatic carbocycles. The van der Waals surface area contributed by atoms with E-state index in [2.05, 4.69) is 0 Å². The van der Waals surface area contributed by atoms with E-state index in [-0.39, 0.29) is 11.3 Å². The molecule has 0 amide bonds. The van der Waals surface area contributed by atoms with Gasteiger partial charge in [-0.3, -0.25) is 4.21 Å². The van der Waals surface area contributed by atoms with E-state index in [1.165, 1.54) is 18.2 Å². The van der Waals surface area contributed by atoms with Crippen molar-refractivity contribution in [3.63, 3.8) is 0 Å². The van der Waals surface area contributed by atoms with Crippen molar-refractivity contribution in [3.05, 3.63) is 24.0 Å². The SMILES string of the molecule is CC(C)(C)OCCS(=O)c1ccc(F)cc1N. The van der Waals surface area contributed by atoms with Gasteiger partial charge in [0.15, 0.2) is 0 Å². The molecule has 0 saturated heterocycles. The van der Waals surface area contributed by atoms with E-state index in [1.807, 2.05) is 20.8 Å². The van der Waals surface area contributed by atoms with Gasteiger partial charge in [-0.25, -0.2) is 4.39 Å². The topological polar surface area (TPSA) is 52.3 Å². The third-order valence-electron chi connectivity index (χ3n) is 2.02. The van der Waals surface area contributed by atoms with Crippen molar-refractivity contribution in [1.82, 2.24) is 0 Å². The molecule has 0 aliphatic carbocycles. The number of anilines is 1. The largest absolute Gasteiger partial charge is 0.398 e. The molecule has 0 saturated carbocycles. The molecule has 0 aliphatic rings. The summed E-state index contributed by atoms with van der Waals surface area (Å²) in [5.74, 6) is -0.0678. The van der Waals surface area contributed by atoms with E-state index < -0.39 is 16.6 Å². The van der Waals surface area contributed by atoms with Gasteiger partial charge in [-0.15, -0.1) is 0 Å². The average molecular weight is 259 g/mol. The maximum atomic E-state index is 12.8. The third-order valence-corrected chi connectivity index (χ3v) is 3.42. The predicted octanol–water partition coefficient (Wildman–Crippen LogP) is 2.33. The highest BCUT2D eigenvalue weighted by atomic mass is 32.2. The Kier molecular flexibility index (Phi) is 4.65. The van der Waals surface area contributed by atoms with Crippen LogP contribution in [0.4, 0.5) is 10.1 Å². The van der Waals surface area contributed by atoms with Gasteiger partial charge >= 0.3 is 0 Å². The normalized spacial score (nSPS) is 13.6. The molecule has 0 heterocycles. The van der Waals surface area contributed by atoms with E-state index in [4.69, 9.17) is 10.5 Å².